The predicted octanol–water partition coefficient (Wildman–Crippen LogP) is 3.56. The van der Waals surface area contributed by atoms with Crippen LogP contribution in [0.2, 0.25) is 0 Å². The number of Topliss-reactive ketones (excluding diaryl/α,β-unsaturated/α-hetero) is 1. The van der Waals surface area contributed by atoms with Gasteiger partial charge in [-0.15, -0.1) is 0 Å². The summed E-state index contributed by atoms with van der Waals surface area (Å²) in [6.45, 7) is 9.56. The molecule has 25 heavy (non-hydrogen) atoms. The SMILES string of the molecule is COC[C@H](C)n1c(C)cc(C(=O)COC(=O)c2cc(C)oc2C)c1C. The topological polar surface area (TPSA) is 70.7 Å². The Bertz CT molecular complexity index is 784. The Morgan fingerprint density at radius 2 is 1.84 bits per heavy atom. The molecule has 2 rings (SSSR count). The second-order valence-electron chi connectivity index (χ2n) is 6.29. The quantitative estimate of drug-likeness (QED) is 0.566. The van der Waals surface area contributed by atoms with E-state index in [4.69, 9.17) is 13.9 Å². The van der Waals surface area contributed by atoms with Gasteiger partial charge in [0, 0.05) is 24.1 Å². The third-order valence-electron chi connectivity index (χ3n) is 4.23. The predicted molar refractivity (Wildman–Crippen MR) is 93.3 cm³/mol. The van der Waals surface area contributed by atoms with Gasteiger partial charge in [0.2, 0.25) is 5.78 Å². The first kappa shape index (κ1) is 19.0. The van der Waals surface area contributed by atoms with Crippen LogP contribution in [0.5, 0.6) is 0 Å². The zero-order chi connectivity index (χ0) is 18.7. The molecule has 6 heteroatoms. The van der Waals surface area contributed by atoms with E-state index in [1.807, 2.05) is 26.8 Å². The number of methoxy groups -OCH3 is 1. The summed E-state index contributed by atoms with van der Waals surface area (Å²) in [5.74, 6) is 0.340. The molecule has 1 atom stereocenters. The van der Waals surface area contributed by atoms with E-state index < -0.39 is 5.97 Å². The first-order valence-corrected chi connectivity index (χ1v) is 8.21. The van der Waals surface area contributed by atoms with Gasteiger partial charge in [0.05, 0.1) is 12.6 Å². The molecule has 0 aliphatic heterocycles. The van der Waals surface area contributed by atoms with E-state index in [2.05, 4.69) is 4.57 Å². The minimum Gasteiger partial charge on any atom is -0.466 e. The number of rotatable bonds is 7. The minimum absolute atomic E-state index is 0.116. The van der Waals surface area contributed by atoms with Crippen LogP contribution in [-0.4, -0.2) is 36.6 Å². The molecule has 0 aromatic carbocycles. The summed E-state index contributed by atoms with van der Waals surface area (Å²) in [7, 11) is 1.65. The van der Waals surface area contributed by atoms with Crippen LogP contribution in [0.25, 0.3) is 0 Å². The number of furan rings is 1. The Hall–Kier alpha value is -2.34. The summed E-state index contributed by atoms with van der Waals surface area (Å²) in [5.41, 5.74) is 2.73. The summed E-state index contributed by atoms with van der Waals surface area (Å²) < 4.78 is 17.7. The van der Waals surface area contributed by atoms with Gasteiger partial charge < -0.3 is 18.5 Å². The van der Waals surface area contributed by atoms with Crippen LogP contribution in [0.15, 0.2) is 16.5 Å². The van der Waals surface area contributed by atoms with Crippen molar-refractivity contribution in [2.45, 2.75) is 40.7 Å². The van der Waals surface area contributed by atoms with Crippen LogP contribution in [-0.2, 0) is 9.47 Å². The Kier molecular flexibility index (Phi) is 5.85. The normalized spacial score (nSPS) is 12.2. The van der Waals surface area contributed by atoms with Gasteiger partial charge in [-0.2, -0.15) is 0 Å². The number of aromatic nitrogens is 1. The highest BCUT2D eigenvalue weighted by Crippen LogP contribution is 2.21. The molecule has 0 saturated heterocycles. The monoisotopic (exact) mass is 347 g/mol. The fraction of sp³-hybridized carbons (Fsp3) is 0.474. The molecule has 2 aromatic heterocycles. The standard InChI is InChI=1S/C19H25NO5/c1-11-7-16(14(4)20(11)12(2)9-23-6)18(21)10-24-19(22)17-8-13(3)25-15(17)5/h7-8,12H,9-10H2,1-6H3/t12-/m0/s1. The van der Waals surface area contributed by atoms with Crippen molar-refractivity contribution in [2.24, 2.45) is 0 Å². The number of ketones is 1. The lowest BCUT2D eigenvalue weighted by molar-refractivity contribution is 0.0472. The van der Waals surface area contributed by atoms with Crippen LogP contribution in [0.4, 0.5) is 0 Å². The maximum Gasteiger partial charge on any atom is 0.342 e. The highest BCUT2D eigenvalue weighted by Gasteiger charge is 2.21. The van der Waals surface area contributed by atoms with Gasteiger partial charge in [-0.3, -0.25) is 4.79 Å². The Labute approximate surface area is 147 Å². The van der Waals surface area contributed by atoms with E-state index in [1.54, 1.807) is 27.0 Å². The number of hydrogen-bond donors (Lipinski definition) is 0. The Morgan fingerprint density at radius 3 is 2.40 bits per heavy atom. The van der Waals surface area contributed by atoms with E-state index >= 15 is 0 Å². The second kappa shape index (κ2) is 7.70. The number of nitrogens with zero attached hydrogens (tertiary/aromatic N) is 1. The minimum atomic E-state index is -0.552. The maximum atomic E-state index is 12.5. The average Bonchev–Trinajstić information content (AvgIpc) is 3.03. The maximum absolute atomic E-state index is 12.5. The van der Waals surface area contributed by atoms with Gasteiger partial charge in [-0.05, 0) is 46.8 Å². The third-order valence-corrected chi connectivity index (χ3v) is 4.23. The van der Waals surface area contributed by atoms with Crippen LogP contribution in [0.1, 0.15) is 56.6 Å². The summed E-state index contributed by atoms with van der Waals surface area (Å²) in [5, 5.41) is 0. The largest absolute Gasteiger partial charge is 0.466 e. The molecule has 0 saturated carbocycles. The van der Waals surface area contributed by atoms with Crippen molar-refractivity contribution in [3.63, 3.8) is 0 Å². The lowest BCUT2D eigenvalue weighted by atomic mass is 10.1. The zero-order valence-electron chi connectivity index (χ0n) is 15.6. The highest BCUT2D eigenvalue weighted by atomic mass is 16.5. The molecule has 2 heterocycles. The third kappa shape index (κ3) is 4.02. The van der Waals surface area contributed by atoms with E-state index in [0.717, 1.165) is 11.4 Å². The van der Waals surface area contributed by atoms with Gasteiger partial charge in [0.1, 0.15) is 17.1 Å². The van der Waals surface area contributed by atoms with Crippen molar-refractivity contribution in [1.29, 1.82) is 0 Å². The van der Waals surface area contributed by atoms with Crippen LogP contribution in [0.3, 0.4) is 0 Å². The first-order valence-electron chi connectivity index (χ1n) is 8.21. The summed E-state index contributed by atoms with van der Waals surface area (Å²) in [4.78, 5) is 24.6. The molecule has 2 aromatic rings. The van der Waals surface area contributed by atoms with Gasteiger partial charge in [-0.1, -0.05) is 0 Å². The van der Waals surface area contributed by atoms with E-state index in [1.165, 1.54) is 0 Å². The fourth-order valence-electron chi connectivity index (χ4n) is 3.17. The first-order chi connectivity index (χ1) is 11.8. The summed E-state index contributed by atoms with van der Waals surface area (Å²) >= 11 is 0. The molecule has 0 radical (unpaired) electrons. The van der Waals surface area contributed by atoms with E-state index in [9.17, 15) is 9.59 Å². The summed E-state index contributed by atoms with van der Waals surface area (Å²) in [6.07, 6.45) is 0. The molecule has 0 aliphatic carbocycles. The molecule has 0 fully saturated rings. The summed E-state index contributed by atoms with van der Waals surface area (Å²) in [6, 6.07) is 3.55. The molecular formula is C19H25NO5. The van der Waals surface area contributed by atoms with Crippen molar-refractivity contribution >= 4 is 11.8 Å². The van der Waals surface area contributed by atoms with Gasteiger partial charge in [0.25, 0.3) is 0 Å². The molecule has 136 valence electrons. The molecule has 0 bridgehead atoms. The van der Waals surface area contributed by atoms with Crippen LogP contribution < -0.4 is 0 Å². The molecule has 0 N–H and O–H groups in total. The molecular weight excluding hydrogens is 322 g/mol. The number of aryl methyl sites for hydroxylation is 3. The van der Waals surface area contributed by atoms with Crippen molar-refractivity contribution < 1.29 is 23.5 Å². The van der Waals surface area contributed by atoms with Crippen LogP contribution >= 0.6 is 0 Å². The molecule has 6 nitrogen and oxygen atoms in total. The Balaban J connectivity index is 2.10. The van der Waals surface area contributed by atoms with Gasteiger partial charge in [-0.25, -0.2) is 4.79 Å². The molecule has 0 spiro atoms. The average molecular weight is 347 g/mol. The number of carbonyl (C=O) groups excluding carboxylic acids is 2. The number of ether oxygens (including phenoxy) is 2. The highest BCUT2D eigenvalue weighted by molar-refractivity contribution is 6.00. The van der Waals surface area contributed by atoms with Crippen molar-refractivity contribution in [2.75, 3.05) is 20.3 Å². The number of hydrogen-bond acceptors (Lipinski definition) is 5. The lowest BCUT2D eigenvalue weighted by Gasteiger charge is -2.17. The van der Waals surface area contributed by atoms with Crippen LogP contribution in [0, 0.1) is 27.7 Å². The van der Waals surface area contributed by atoms with E-state index in [-0.39, 0.29) is 18.4 Å². The molecule has 0 aliphatic rings. The van der Waals surface area contributed by atoms with Crippen molar-refractivity contribution in [3.8, 4) is 0 Å². The van der Waals surface area contributed by atoms with E-state index in [0.29, 0.717) is 29.3 Å². The van der Waals surface area contributed by atoms with Crippen molar-refractivity contribution in [1.82, 2.24) is 4.57 Å². The lowest BCUT2D eigenvalue weighted by Crippen LogP contribution is -2.17. The number of esters is 1. The zero-order valence-corrected chi connectivity index (χ0v) is 15.6. The number of carbonyl (C=O) groups is 2. The Morgan fingerprint density at radius 1 is 1.16 bits per heavy atom. The smallest absolute Gasteiger partial charge is 0.342 e. The van der Waals surface area contributed by atoms with Gasteiger partial charge >= 0.3 is 5.97 Å². The molecule has 0 unspecified atom stereocenters. The second-order valence-corrected chi connectivity index (χ2v) is 6.29. The fourth-order valence-corrected chi connectivity index (χ4v) is 3.17. The van der Waals surface area contributed by atoms with Crippen molar-refractivity contribution in [3.05, 3.63) is 46.2 Å². The van der Waals surface area contributed by atoms with Gasteiger partial charge in [0.15, 0.2) is 6.61 Å². The molecule has 0 amide bonds.